The molecule has 5 rings (SSSR count). The second kappa shape index (κ2) is 4.74. The summed E-state index contributed by atoms with van der Waals surface area (Å²) in [6, 6.07) is 1.49. The Hall–Kier alpha value is -0.0151. The molecule has 1 saturated carbocycles. The van der Waals surface area contributed by atoms with E-state index in [0.29, 0.717) is 16.9 Å². The maximum Gasteiger partial charge on any atom is 0.122 e. The Labute approximate surface area is 131 Å². The van der Waals surface area contributed by atoms with Crippen LogP contribution in [-0.4, -0.2) is 43.0 Å². The van der Waals surface area contributed by atoms with Gasteiger partial charge in [-0.05, 0) is 38.5 Å². The minimum absolute atomic E-state index is 0.406. The van der Waals surface area contributed by atoms with Crippen LogP contribution in [0.15, 0.2) is 0 Å². The highest BCUT2D eigenvalue weighted by atomic mass is 16.5. The average Bonchev–Trinajstić information content (AvgIpc) is 2.60. The van der Waals surface area contributed by atoms with Gasteiger partial charge in [-0.25, -0.2) is 0 Å². The molecule has 0 amide bonds. The van der Waals surface area contributed by atoms with Gasteiger partial charge >= 0.3 is 0 Å². The van der Waals surface area contributed by atoms with E-state index in [1.54, 1.807) is 0 Å². The lowest BCUT2D eigenvalue weighted by molar-refractivity contribution is -0.141. The molecule has 117 valence electrons. The van der Waals surface area contributed by atoms with Crippen LogP contribution in [0.4, 0.5) is 0 Å². The zero-order valence-corrected chi connectivity index (χ0v) is 14.3. The third kappa shape index (κ3) is 1.99. The molecule has 2 nitrogen and oxygen atoms in total. The summed E-state index contributed by atoms with van der Waals surface area (Å²) in [7, 11) is 2.75. The molecular weight excluding hydrogens is 257 g/mol. The molecule has 4 heterocycles. The molecule has 4 aliphatic heterocycles. The SMILES string of the molecule is CC(C)N1C2CCC3(C(C)C)[B]C(CC2CC12COC2)C3. The predicted molar refractivity (Wildman–Crippen MR) is 87.9 cm³/mol. The van der Waals surface area contributed by atoms with Crippen LogP contribution in [-0.2, 0) is 4.74 Å². The lowest BCUT2D eigenvalue weighted by atomic mass is 9.26. The Bertz CT molecular complexity index is 411. The predicted octanol–water partition coefficient (Wildman–Crippen LogP) is 3.75. The summed E-state index contributed by atoms with van der Waals surface area (Å²) in [5, 5.41) is 0.574. The van der Waals surface area contributed by atoms with Crippen LogP contribution >= 0.6 is 0 Å². The van der Waals surface area contributed by atoms with Crippen molar-refractivity contribution in [1.29, 1.82) is 0 Å². The highest BCUT2D eigenvalue weighted by molar-refractivity contribution is 6.46. The number of fused-ring (bicyclic) bond motifs is 1. The van der Waals surface area contributed by atoms with Gasteiger partial charge in [-0.3, -0.25) is 4.90 Å². The van der Waals surface area contributed by atoms with Gasteiger partial charge < -0.3 is 4.74 Å². The van der Waals surface area contributed by atoms with Crippen LogP contribution < -0.4 is 0 Å². The molecule has 21 heavy (non-hydrogen) atoms. The first-order chi connectivity index (χ1) is 9.96. The molecule has 4 unspecified atom stereocenters. The van der Waals surface area contributed by atoms with Gasteiger partial charge in [0.25, 0.3) is 0 Å². The van der Waals surface area contributed by atoms with Crippen LogP contribution in [0.1, 0.15) is 59.8 Å². The summed E-state index contributed by atoms with van der Waals surface area (Å²) < 4.78 is 5.65. The molecule has 1 radical (unpaired) electrons. The Morgan fingerprint density at radius 3 is 2.38 bits per heavy atom. The molecule has 0 N–H and O–H groups in total. The second-order valence-electron chi connectivity index (χ2n) is 9.04. The topological polar surface area (TPSA) is 12.5 Å². The van der Waals surface area contributed by atoms with Gasteiger partial charge in [0, 0.05) is 12.1 Å². The van der Waals surface area contributed by atoms with Gasteiger partial charge in [0.05, 0.1) is 18.8 Å². The van der Waals surface area contributed by atoms with Gasteiger partial charge in [0.15, 0.2) is 0 Å². The summed E-state index contributed by atoms with van der Waals surface area (Å²) >= 11 is 0. The van der Waals surface area contributed by atoms with Gasteiger partial charge in [-0.1, -0.05) is 44.2 Å². The summed E-state index contributed by atoms with van der Waals surface area (Å²) in [5.74, 6) is 2.65. The maximum absolute atomic E-state index is 5.65. The van der Waals surface area contributed by atoms with Crippen LogP contribution in [0.3, 0.4) is 0 Å². The Balaban J connectivity index is 1.58. The van der Waals surface area contributed by atoms with E-state index in [9.17, 15) is 0 Å². The minimum atomic E-state index is 0.406. The molecule has 4 atom stereocenters. The van der Waals surface area contributed by atoms with Crippen LogP contribution in [0.2, 0.25) is 11.1 Å². The normalized spacial score (nSPS) is 44.8. The van der Waals surface area contributed by atoms with Gasteiger partial charge in [0.1, 0.15) is 7.28 Å². The summed E-state index contributed by atoms with van der Waals surface area (Å²) in [6.45, 7) is 11.6. The van der Waals surface area contributed by atoms with Crippen molar-refractivity contribution in [3.8, 4) is 0 Å². The largest absolute Gasteiger partial charge is 0.377 e. The Morgan fingerprint density at radius 1 is 1.14 bits per heavy atom. The lowest BCUT2D eigenvalue weighted by Crippen LogP contribution is -2.62. The standard InChI is InChI=1S/C18H31BNO/c1-12(2)18-6-5-16-14(7-15(9-18)19-18)8-17(10-21-11-17)20(16)13(3)4/h12-16H,5-11H2,1-4H3. The quantitative estimate of drug-likeness (QED) is 0.718. The van der Waals surface area contributed by atoms with Crippen molar-refractivity contribution in [2.45, 2.75) is 88.6 Å². The summed E-state index contributed by atoms with van der Waals surface area (Å²) in [4.78, 5) is 2.87. The fourth-order valence-corrected chi connectivity index (χ4v) is 6.24. The molecule has 4 saturated heterocycles. The highest BCUT2D eigenvalue weighted by Crippen LogP contribution is 2.63. The third-order valence-electron chi connectivity index (χ3n) is 7.26. The fraction of sp³-hybridized carbons (Fsp3) is 1.00. The number of nitrogens with zero attached hydrogens (tertiary/aromatic N) is 1. The molecule has 0 aromatic rings. The number of likely N-dealkylation sites (tertiary alicyclic amines) is 1. The van der Waals surface area contributed by atoms with E-state index < -0.39 is 0 Å². The van der Waals surface area contributed by atoms with E-state index in [1.807, 2.05) is 0 Å². The van der Waals surface area contributed by atoms with Crippen molar-refractivity contribution in [2.75, 3.05) is 13.2 Å². The van der Waals surface area contributed by atoms with Crippen molar-refractivity contribution in [3.63, 3.8) is 0 Å². The Kier molecular flexibility index (Phi) is 3.29. The van der Waals surface area contributed by atoms with E-state index in [0.717, 1.165) is 36.9 Å². The highest BCUT2D eigenvalue weighted by Gasteiger charge is 2.59. The van der Waals surface area contributed by atoms with E-state index in [2.05, 4.69) is 39.9 Å². The van der Waals surface area contributed by atoms with Crippen molar-refractivity contribution >= 4 is 7.28 Å². The van der Waals surface area contributed by atoms with E-state index >= 15 is 0 Å². The number of ether oxygens (including phenoxy) is 1. The molecule has 0 aromatic heterocycles. The molecule has 5 fully saturated rings. The molecule has 2 bridgehead atoms. The Morgan fingerprint density at radius 2 is 1.86 bits per heavy atom. The van der Waals surface area contributed by atoms with Gasteiger partial charge in [-0.2, -0.15) is 0 Å². The van der Waals surface area contributed by atoms with E-state index in [4.69, 9.17) is 4.74 Å². The van der Waals surface area contributed by atoms with Crippen LogP contribution in [0.5, 0.6) is 0 Å². The van der Waals surface area contributed by atoms with Crippen molar-refractivity contribution < 1.29 is 4.74 Å². The number of hydrogen-bond acceptors (Lipinski definition) is 2. The van der Waals surface area contributed by atoms with Crippen molar-refractivity contribution in [2.24, 2.45) is 11.8 Å². The fourth-order valence-electron chi connectivity index (χ4n) is 6.24. The zero-order chi connectivity index (χ0) is 14.8. The van der Waals surface area contributed by atoms with Crippen LogP contribution in [0, 0.1) is 11.8 Å². The first kappa shape index (κ1) is 14.6. The van der Waals surface area contributed by atoms with Crippen molar-refractivity contribution in [3.05, 3.63) is 0 Å². The maximum atomic E-state index is 5.65. The molecule has 0 aromatic carbocycles. The smallest absolute Gasteiger partial charge is 0.122 e. The van der Waals surface area contributed by atoms with Crippen LogP contribution in [0.25, 0.3) is 0 Å². The average molecular weight is 288 g/mol. The number of rotatable bonds is 2. The molecule has 1 aliphatic carbocycles. The van der Waals surface area contributed by atoms with Gasteiger partial charge in [-0.15, -0.1) is 0 Å². The minimum Gasteiger partial charge on any atom is -0.377 e. The molecule has 1 spiro atoms. The first-order valence-corrected chi connectivity index (χ1v) is 9.18. The lowest BCUT2D eigenvalue weighted by Gasteiger charge is -2.55. The summed E-state index contributed by atoms with van der Waals surface area (Å²) in [6.07, 6.45) is 7.15. The monoisotopic (exact) mass is 288 g/mol. The second-order valence-corrected chi connectivity index (χ2v) is 9.04. The first-order valence-electron chi connectivity index (χ1n) is 9.18. The number of hydrogen-bond donors (Lipinski definition) is 0. The zero-order valence-electron chi connectivity index (χ0n) is 14.3. The third-order valence-corrected chi connectivity index (χ3v) is 7.26. The van der Waals surface area contributed by atoms with Gasteiger partial charge in [0.2, 0.25) is 0 Å². The summed E-state index contributed by atoms with van der Waals surface area (Å²) in [5.41, 5.74) is 0.406. The molecular formula is C18H31BNO. The van der Waals surface area contributed by atoms with Crippen molar-refractivity contribution in [1.82, 2.24) is 4.90 Å². The molecule has 3 heteroatoms. The molecule has 5 aliphatic rings. The van der Waals surface area contributed by atoms with E-state index in [-0.39, 0.29) is 0 Å². The van der Waals surface area contributed by atoms with E-state index in [1.165, 1.54) is 32.1 Å².